The normalized spacial score (nSPS) is 22.2. The molecular weight excluding hydrogens is 264 g/mol. The van der Waals surface area contributed by atoms with Crippen molar-refractivity contribution in [3.05, 3.63) is 12.7 Å². The van der Waals surface area contributed by atoms with Gasteiger partial charge in [0.05, 0.1) is 0 Å². The second-order valence-electron chi connectivity index (χ2n) is 5.98. The maximum absolute atomic E-state index is 12.3. The SMILES string of the molecule is C=CC.CNC(=O)C1CCCN1C(=O)CC1CCCCC1. The second kappa shape index (κ2) is 9.59. The van der Waals surface area contributed by atoms with Crippen LogP contribution in [0.25, 0.3) is 0 Å². The fraction of sp³-hybridized carbons (Fsp3) is 0.765. The van der Waals surface area contributed by atoms with Gasteiger partial charge in [-0.1, -0.05) is 25.3 Å². The first kappa shape index (κ1) is 17.7. The minimum Gasteiger partial charge on any atom is -0.357 e. The smallest absolute Gasteiger partial charge is 0.242 e. The Hall–Kier alpha value is -1.32. The van der Waals surface area contributed by atoms with E-state index in [-0.39, 0.29) is 17.9 Å². The van der Waals surface area contributed by atoms with Gasteiger partial charge in [0, 0.05) is 20.0 Å². The Morgan fingerprint density at radius 2 is 1.81 bits per heavy atom. The van der Waals surface area contributed by atoms with Gasteiger partial charge < -0.3 is 10.2 Å². The maximum atomic E-state index is 12.3. The van der Waals surface area contributed by atoms with Crippen LogP contribution in [0.1, 0.15) is 58.3 Å². The maximum Gasteiger partial charge on any atom is 0.242 e. The van der Waals surface area contributed by atoms with Crippen molar-refractivity contribution in [2.75, 3.05) is 13.6 Å². The van der Waals surface area contributed by atoms with E-state index in [9.17, 15) is 9.59 Å². The Morgan fingerprint density at radius 3 is 2.38 bits per heavy atom. The van der Waals surface area contributed by atoms with Gasteiger partial charge >= 0.3 is 0 Å². The van der Waals surface area contributed by atoms with Crippen molar-refractivity contribution in [3.8, 4) is 0 Å². The molecule has 120 valence electrons. The van der Waals surface area contributed by atoms with Crippen LogP contribution in [0.15, 0.2) is 12.7 Å². The van der Waals surface area contributed by atoms with Crippen molar-refractivity contribution in [1.29, 1.82) is 0 Å². The molecule has 4 heteroatoms. The Balaban J connectivity index is 0.000000677. The minimum atomic E-state index is -0.217. The van der Waals surface area contributed by atoms with Crippen molar-refractivity contribution in [2.24, 2.45) is 5.92 Å². The van der Waals surface area contributed by atoms with Crippen LogP contribution in [-0.4, -0.2) is 36.3 Å². The van der Waals surface area contributed by atoms with Crippen molar-refractivity contribution in [3.63, 3.8) is 0 Å². The summed E-state index contributed by atoms with van der Waals surface area (Å²) in [6, 6.07) is -0.217. The standard InChI is InChI=1S/C14H24N2O2.C3H6/c1-15-14(18)12-8-5-9-16(12)13(17)10-11-6-3-2-4-7-11;1-3-2/h11-12H,2-10H2,1H3,(H,15,18);3H,1H2,2H3. The van der Waals surface area contributed by atoms with Crippen LogP contribution < -0.4 is 5.32 Å². The van der Waals surface area contributed by atoms with Crippen LogP contribution in [0.2, 0.25) is 0 Å². The van der Waals surface area contributed by atoms with Crippen molar-refractivity contribution in [2.45, 2.75) is 64.3 Å². The summed E-state index contributed by atoms with van der Waals surface area (Å²) in [6.07, 6.45) is 10.4. The van der Waals surface area contributed by atoms with Gasteiger partial charge in [-0.25, -0.2) is 0 Å². The number of carbonyl (C=O) groups is 2. The lowest BCUT2D eigenvalue weighted by Crippen LogP contribution is -2.45. The molecule has 1 unspecified atom stereocenters. The lowest BCUT2D eigenvalue weighted by atomic mass is 9.86. The number of likely N-dealkylation sites (tertiary alicyclic amines) is 1. The lowest BCUT2D eigenvalue weighted by molar-refractivity contribution is -0.139. The molecule has 21 heavy (non-hydrogen) atoms. The van der Waals surface area contributed by atoms with Gasteiger partial charge in [0.25, 0.3) is 0 Å². The highest BCUT2D eigenvalue weighted by Gasteiger charge is 2.34. The summed E-state index contributed by atoms with van der Waals surface area (Å²) in [5, 5.41) is 2.66. The number of rotatable bonds is 3. The zero-order chi connectivity index (χ0) is 15.7. The third-order valence-corrected chi connectivity index (χ3v) is 4.31. The van der Waals surface area contributed by atoms with E-state index in [1.807, 2.05) is 6.92 Å². The highest BCUT2D eigenvalue weighted by atomic mass is 16.2. The van der Waals surface area contributed by atoms with Gasteiger partial charge in [0.2, 0.25) is 11.8 Å². The fourth-order valence-corrected chi connectivity index (χ4v) is 3.26. The number of carbonyl (C=O) groups excluding carboxylic acids is 2. The Kier molecular flexibility index (Phi) is 8.09. The van der Waals surface area contributed by atoms with Gasteiger partial charge in [-0.15, -0.1) is 6.58 Å². The van der Waals surface area contributed by atoms with Gasteiger partial charge in [0.15, 0.2) is 0 Å². The summed E-state index contributed by atoms with van der Waals surface area (Å²) in [5.74, 6) is 0.731. The van der Waals surface area contributed by atoms with Gasteiger partial charge in [-0.2, -0.15) is 0 Å². The molecule has 4 nitrogen and oxygen atoms in total. The van der Waals surface area contributed by atoms with Gasteiger partial charge in [-0.05, 0) is 38.5 Å². The van der Waals surface area contributed by atoms with Crippen molar-refractivity contribution in [1.82, 2.24) is 10.2 Å². The molecule has 2 fully saturated rings. The second-order valence-corrected chi connectivity index (χ2v) is 5.98. The number of nitrogens with zero attached hydrogens (tertiary/aromatic N) is 1. The molecule has 0 aromatic heterocycles. The molecule has 2 aliphatic rings. The molecule has 1 heterocycles. The number of hydrogen-bond donors (Lipinski definition) is 1. The number of amides is 2. The fourth-order valence-electron chi connectivity index (χ4n) is 3.26. The summed E-state index contributed by atoms with van der Waals surface area (Å²) >= 11 is 0. The molecule has 0 bridgehead atoms. The predicted octanol–water partition coefficient (Wildman–Crippen LogP) is 2.89. The van der Waals surface area contributed by atoms with E-state index < -0.39 is 0 Å². The molecule has 1 aliphatic carbocycles. The number of allylic oxidation sites excluding steroid dienone is 1. The van der Waals surface area contributed by atoms with Crippen LogP contribution in [0.3, 0.4) is 0 Å². The van der Waals surface area contributed by atoms with E-state index in [1.54, 1.807) is 18.0 Å². The molecule has 1 N–H and O–H groups in total. The predicted molar refractivity (Wildman–Crippen MR) is 85.9 cm³/mol. The average Bonchev–Trinajstić information content (AvgIpc) is 2.98. The van der Waals surface area contributed by atoms with E-state index in [4.69, 9.17) is 0 Å². The van der Waals surface area contributed by atoms with E-state index in [2.05, 4.69) is 11.9 Å². The Bertz CT molecular complexity index is 349. The number of nitrogens with one attached hydrogen (secondary N) is 1. The highest BCUT2D eigenvalue weighted by Crippen LogP contribution is 2.28. The van der Waals surface area contributed by atoms with E-state index in [0.717, 1.165) is 19.4 Å². The molecule has 1 aliphatic heterocycles. The monoisotopic (exact) mass is 294 g/mol. The molecule has 2 rings (SSSR count). The zero-order valence-corrected chi connectivity index (χ0v) is 13.6. The third-order valence-electron chi connectivity index (χ3n) is 4.31. The molecule has 0 radical (unpaired) electrons. The molecule has 0 aromatic rings. The van der Waals surface area contributed by atoms with E-state index in [0.29, 0.717) is 12.3 Å². The lowest BCUT2D eigenvalue weighted by Gasteiger charge is -2.27. The van der Waals surface area contributed by atoms with Crippen LogP contribution in [0.5, 0.6) is 0 Å². The first-order chi connectivity index (χ1) is 10.1. The summed E-state index contributed by atoms with van der Waals surface area (Å²) in [5.41, 5.74) is 0. The molecule has 1 atom stereocenters. The number of hydrogen-bond acceptors (Lipinski definition) is 2. The summed E-state index contributed by atoms with van der Waals surface area (Å²) in [4.78, 5) is 25.8. The topological polar surface area (TPSA) is 49.4 Å². The molecule has 1 saturated heterocycles. The Morgan fingerprint density at radius 1 is 1.19 bits per heavy atom. The molecule has 2 amide bonds. The summed E-state index contributed by atoms with van der Waals surface area (Å²) in [6.45, 7) is 6.00. The van der Waals surface area contributed by atoms with Crippen LogP contribution in [-0.2, 0) is 9.59 Å². The molecule has 1 saturated carbocycles. The van der Waals surface area contributed by atoms with E-state index >= 15 is 0 Å². The first-order valence-corrected chi connectivity index (χ1v) is 8.22. The molecular formula is C17H30N2O2. The number of likely N-dealkylation sites (N-methyl/N-ethyl adjacent to an activating group) is 1. The largest absolute Gasteiger partial charge is 0.357 e. The molecule has 0 aromatic carbocycles. The van der Waals surface area contributed by atoms with Crippen LogP contribution >= 0.6 is 0 Å². The minimum absolute atomic E-state index is 0.00973. The van der Waals surface area contributed by atoms with Gasteiger partial charge in [-0.3, -0.25) is 9.59 Å². The first-order valence-electron chi connectivity index (χ1n) is 8.22. The average molecular weight is 294 g/mol. The summed E-state index contributed by atoms with van der Waals surface area (Å²) in [7, 11) is 1.64. The van der Waals surface area contributed by atoms with Crippen molar-refractivity contribution >= 4 is 11.8 Å². The summed E-state index contributed by atoms with van der Waals surface area (Å²) < 4.78 is 0. The Labute approximate surface area is 129 Å². The molecule has 0 spiro atoms. The van der Waals surface area contributed by atoms with Crippen molar-refractivity contribution < 1.29 is 9.59 Å². The van der Waals surface area contributed by atoms with Crippen LogP contribution in [0.4, 0.5) is 0 Å². The zero-order valence-electron chi connectivity index (χ0n) is 13.6. The van der Waals surface area contributed by atoms with Crippen LogP contribution in [0, 0.1) is 5.92 Å². The highest BCUT2D eigenvalue weighted by molar-refractivity contribution is 5.88. The third kappa shape index (κ3) is 5.52. The van der Waals surface area contributed by atoms with Gasteiger partial charge in [0.1, 0.15) is 6.04 Å². The quantitative estimate of drug-likeness (QED) is 0.814. The van der Waals surface area contributed by atoms with E-state index in [1.165, 1.54) is 32.1 Å².